The molecule has 6 heteroatoms. The van der Waals surface area contributed by atoms with E-state index >= 15 is 0 Å². The Bertz CT molecular complexity index is 764. The summed E-state index contributed by atoms with van der Waals surface area (Å²) in [5, 5.41) is 6.66. The van der Waals surface area contributed by atoms with Gasteiger partial charge in [-0.05, 0) is 17.9 Å². The number of nitrogens with two attached hydrogens (primary N) is 1. The van der Waals surface area contributed by atoms with Crippen molar-refractivity contribution in [3.05, 3.63) is 28.1 Å². The van der Waals surface area contributed by atoms with Crippen LogP contribution < -0.4 is 5.73 Å². The predicted molar refractivity (Wildman–Crippen MR) is 87.6 cm³/mol. The van der Waals surface area contributed by atoms with Crippen LogP contribution in [0.1, 0.15) is 31.3 Å². The molecule has 3 heterocycles. The third-order valence-corrected chi connectivity index (χ3v) is 5.13. The van der Waals surface area contributed by atoms with Gasteiger partial charge in [-0.3, -0.25) is 9.25 Å². The topological polar surface area (TPSA) is 61.7 Å². The van der Waals surface area contributed by atoms with Crippen LogP contribution in [-0.2, 0) is 25.4 Å². The van der Waals surface area contributed by atoms with Crippen molar-refractivity contribution in [1.82, 2.24) is 19.3 Å². The molecule has 0 aliphatic heterocycles. The number of anilines is 1. The molecular formula is C15H21N5S. The van der Waals surface area contributed by atoms with Gasteiger partial charge in [0.1, 0.15) is 5.52 Å². The van der Waals surface area contributed by atoms with E-state index in [9.17, 15) is 0 Å². The molecule has 2 N–H and O–H groups in total. The Morgan fingerprint density at radius 1 is 1.38 bits per heavy atom. The van der Waals surface area contributed by atoms with E-state index in [1.165, 1.54) is 4.88 Å². The maximum absolute atomic E-state index is 6.16. The van der Waals surface area contributed by atoms with Gasteiger partial charge in [0.05, 0.1) is 5.69 Å². The summed E-state index contributed by atoms with van der Waals surface area (Å²) in [6.07, 6.45) is 0.863. The van der Waals surface area contributed by atoms with Crippen LogP contribution in [0.5, 0.6) is 0 Å². The minimum atomic E-state index is 0.00651. The molecule has 0 aliphatic rings. The van der Waals surface area contributed by atoms with Crippen LogP contribution in [0, 0.1) is 0 Å². The van der Waals surface area contributed by atoms with E-state index in [2.05, 4.69) is 52.9 Å². The Kier molecular flexibility index (Phi) is 3.28. The van der Waals surface area contributed by atoms with Gasteiger partial charge >= 0.3 is 0 Å². The molecule has 0 amide bonds. The van der Waals surface area contributed by atoms with Crippen LogP contribution in [0.25, 0.3) is 11.2 Å². The monoisotopic (exact) mass is 303 g/mol. The molecule has 0 bridgehead atoms. The molecule has 3 aromatic rings. The second-order valence-electron chi connectivity index (χ2n) is 6.01. The Hall–Kier alpha value is -1.82. The van der Waals surface area contributed by atoms with Crippen molar-refractivity contribution in [3.8, 4) is 0 Å². The third-order valence-electron chi connectivity index (χ3n) is 3.90. The highest BCUT2D eigenvalue weighted by molar-refractivity contribution is 7.10. The van der Waals surface area contributed by atoms with Gasteiger partial charge in [0, 0.05) is 23.9 Å². The van der Waals surface area contributed by atoms with Crippen LogP contribution in [0.3, 0.4) is 0 Å². The van der Waals surface area contributed by atoms with Gasteiger partial charge in [0.2, 0.25) is 5.95 Å². The molecule has 0 unspecified atom stereocenters. The fourth-order valence-corrected chi connectivity index (χ4v) is 3.63. The lowest BCUT2D eigenvalue weighted by atomic mass is 9.91. The summed E-state index contributed by atoms with van der Waals surface area (Å²) in [5.74, 6) is 0.567. The molecule has 112 valence electrons. The maximum atomic E-state index is 6.16. The van der Waals surface area contributed by atoms with Crippen molar-refractivity contribution in [3.63, 3.8) is 0 Å². The normalized spacial score (nSPS) is 12.4. The van der Waals surface area contributed by atoms with E-state index in [-0.39, 0.29) is 5.41 Å². The average molecular weight is 303 g/mol. The van der Waals surface area contributed by atoms with Gasteiger partial charge in [0.25, 0.3) is 0 Å². The van der Waals surface area contributed by atoms with Crippen LogP contribution in [0.4, 0.5) is 5.95 Å². The summed E-state index contributed by atoms with van der Waals surface area (Å²) >= 11 is 1.78. The second kappa shape index (κ2) is 4.87. The maximum Gasteiger partial charge on any atom is 0.202 e. The fourth-order valence-electron chi connectivity index (χ4n) is 2.79. The standard InChI is InChI=1S/C15H21N5S/c1-5-10-12-13(19(4)18-10)20(14(16)17-12)9-15(2,3)11-7-6-8-21-11/h6-8H,5,9H2,1-4H3,(H2,16,17). The van der Waals surface area contributed by atoms with Crippen LogP contribution in [0.15, 0.2) is 17.5 Å². The van der Waals surface area contributed by atoms with Gasteiger partial charge in [-0.2, -0.15) is 5.10 Å². The molecule has 0 saturated carbocycles. The summed E-state index contributed by atoms with van der Waals surface area (Å²) in [7, 11) is 1.96. The molecular weight excluding hydrogens is 282 g/mol. The molecule has 0 spiro atoms. The third kappa shape index (κ3) is 2.23. The zero-order valence-corrected chi connectivity index (χ0v) is 13.7. The minimum absolute atomic E-state index is 0.00651. The van der Waals surface area contributed by atoms with Crippen molar-refractivity contribution >= 4 is 28.4 Å². The highest BCUT2D eigenvalue weighted by Crippen LogP contribution is 2.32. The molecule has 0 atom stereocenters. The van der Waals surface area contributed by atoms with Gasteiger partial charge in [-0.25, -0.2) is 4.98 Å². The van der Waals surface area contributed by atoms with Crippen molar-refractivity contribution < 1.29 is 0 Å². The lowest BCUT2D eigenvalue weighted by Gasteiger charge is -2.24. The summed E-state index contributed by atoms with van der Waals surface area (Å²) in [4.78, 5) is 5.88. The fraction of sp³-hybridized carbons (Fsp3) is 0.467. The van der Waals surface area contributed by atoms with E-state index in [0.29, 0.717) is 5.95 Å². The first kappa shape index (κ1) is 14.1. The number of hydrogen-bond donors (Lipinski definition) is 1. The summed E-state index contributed by atoms with van der Waals surface area (Å²) < 4.78 is 3.98. The molecule has 0 fully saturated rings. The molecule has 0 saturated heterocycles. The van der Waals surface area contributed by atoms with Crippen molar-refractivity contribution in [2.24, 2.45) is 7.05 Å². The Balaban J connectivity index is 2.09. The van der Waals surface area contributed by atoms with Gasteiger partial charge in [0.15, 0.2) is 5.65 Å². The highest BCUT2D eigenvalue weighted by atomic mass is 32.1. The van der Waals surface area contributed by atoms with Crippen LogP contribution in [0.2, 0.25) is 0 Å². The zero-order chi connectivity index (χ0) is 15.2. The molecule has 0 aliphatic carbocycles. The number of nitrogens with zero attached hydrogens (tertiary/aromatic N) is 4. The van der Waals surface area contributed by atoms with Crippen molar-refractivity contribution in [1.29, 1.82) is 0 Å². The largest absolute Gasteiger partial charge is 0.369 e. The van der Waals surface area contributed by atoms with Crippen molar-refractivity contribution in [2.75, 3.05) is 5.73 Å². The Morgan fingerprint density at radius 2 is 2.14 bits per heavy atom. The average Bonchev–Trinajstić information content (AvgIpc) is 3.10. The first-order chi connectivity index (χ1) is 9.94. The summed E-state index contributed by atoms with van der Waals surface area (Å²) in [6.45, 7) is 7.35. The molecule has 21 heavy (non-hydrogen) atoms. The van der Waals surface area contributed by atoms with Gasteiger partial charge in [-0.1, -0.05) is 26.8 Å². The molecule has 5 nitrogen and oxygen atoms in total. The Morgan fingerprint density at radius 3 is 2.76 bits per heavy atom. The SMILES string of the molecule is CCc1nn(C)c2c1nc(N)n2CC(C)(C)c1cccs1. The van der Waals surface area contributed by atoms with Gasteiger partial charge < -0.3 is 5.73 Å². The summed E-state index contributed by atoms with van der Waals surface area (Å²) in [5.41, 5.74) is 9.12. The molecule has 3 aromatic heterocycles. The number of rotatable bonds is 4. The number of aromatic nitrogens is 4. The molecule has 0 aromatic carbocycles. The summed E-state index contributed by atoms with van der Waals surface area (Å²) in [6, 6.07) is 4.27. The van der Waals surface area contributed by atoms with E-state index < -0.39 is 0 Å². The first-order valence-electron chi connectivity index (χ1n) is 7.15. The predicted octanol–water partition coefficient (Wildman–Crippen LogP) is 2.95. The smallest absolute Gasteiger partial charge is 0.202 e. The molecule has 0 radical (unpaired) electrons. The highest BCUT2D eigenvalue weighted by Gasteiger charge is 2.26. The van der Waals surface area contributed by atoms with Crippen molar-refractivity contribution in [2.45, 2.75) is 39.2 Å². The van der Waals surface area contributed by atoms with Gasteiger partial charge in [-0.15, -0.1) is 11.3 Å². The van der Waals surface area contributed by atoms with E-state index in [0.717, 1.165) is 29.8 Å². The number of nitrogen functional groups attached to an aromatic ring is 1. The number of thiophene rings is 1. The second-order valence-corrected chi connectivity index (χ2v) is 6.96. The number of imidazole rings is 1. The first-order valence-corrected chi connectivity index (χ1v) is 8.03. The lowest BCUT2D eigenvalue weighted by Crippen LogP contribution is -2.24. The van der Waals surface area contributed by atoms with E-state index in [1.807, 2.05) is 11.7 Å². The number of aryl methyl sites for hydroxylation is 2. The molecule has 3 rings (SSSR count). The Labute approximate surface area is 128 Å². The van der Waals surface area contributed by atoms with E-state index in [1.54, 1.807) is 11.3 Å². The van der Waals surface area contributed by atoms with Crippen LogP contribution in [-0.4, -0.2) is 19.3 Å². The number of fused-ring (bicyclic) bond motifs is 1. The quantitative estimate of drug-likeness (QED) is 0.806. The zero-order valence-electron chi connectivity index (χ0n) is 12.9. The minimum Gasteiger partial charge on any atom is -0.369 e. The van der Waals surface area contributed by atoms with Crippen LogP contribution >= 0.6 is 11.3 Å². The lowest BCUT2D eigenvalue weighted by molar-refractivity contribution is 0.448. The number of hydrogen-bond acceptors (Lipinski definition) is 4. The van der Waals surface area contributed by atoms with E-state index in [4.69, 9.17) is 5.73 Å².